The molecule has 0 spiro atoms. The molecule has 2 rings (SSSR count). The molecule has 4 heteroatoms. The molecule has 1 radical (unpaired) electrons. The van der Waals surface area contributed by atoms with Crippen LogP contribution in [0.4, 0.5) is 0 Å². The first kappa shape index (κ1) is 6.54. The normalized spacial score (nSPS) is 35.4. The smallest absolute Gasteiger partial charge is 0.0872 e. The average molecular weight is 141 g/mol. The monoisotopic (exact) mass is 141 g/mol. The molecule has 2 saturated heterocycles. The summed E-state index contributed by atoms with van der Waals surface area (Å²) in [7, 11) is 0. The van der Waals surface area contributed by atoms with Crippen LogP contribution in [-0.4, -0.2) is 24.3 Å². The van der Waals surface area contributed by atoms with Crippen LogP contribution in [0.5, 0.6) is 0 Å². The Kier molecular flexibility index (Phi) is 1.86. The van der Waals surface area contributed by atoms with Gasteiger partial charge < -0.3 is 0 Å². The van der Waals surface area contributed by atoms with Crippen LogP contribution in [0.2, 0.25) is 0 Å². The molecule has 0 amide bonds. The van der Waals surface area contributed by atoms with Gasteiger partial charge in [0.2, 0.25) is 0 Å². The Bertz CT molecular complexity index is 90.3. The van der Waals surface area contributed by atoms with Gasteiger partial charge in [0.1, 0.15) is 0 Å². The molecule has 3 N–H and O–H groups in total. The zero-order chi connectivity index (χ0) is 6.81. The quantitative estimate of drug-likeness (QED) is 0.446. The van der Waals surface area contributed by atoms with Crippen LogP contribution in [-0.2, 0) is 0 Å². The van der Waals surface area contributed by atoms with Crippen molar-refractivity contribution < 1.29 is 0 Å². The van der Waals surface area contributed by atoms with Gasteiger partial charge in [-0.15, -0.1) is 0 Å². The van der Waals surface area contributed by atoms with Crippen LogP contribution in [0.15, 0.2) is 0 Å². The fourth-order valence-corrected chi connectivity index (χ4v) is 1.40. The molecule has 0 aromatic heterocycles. The second-order valence-corrected chi connectivity index (χ2v) is 2.69. The Morgan fingerprint density at radius 2 is 2.50 bits per heavy atom. The van der Waals surface area contributed by atoms with Crippen molar-refractivity contribution in [2.45, 2.75) is 19.0 Å². The van der Waals surface area contributed by atoms with E-state index in [-0.39, 0.29) is 0 Å². The number of nitrogens with zero attached hydrogens (tertiary/aromatic N) is 1. The first-order valence-corrected chi connectivity index (χ1v) is 3.80. The zero-order valence-corrected chi connectivity index (χ0v) is 5.93. The number of hydrogen-bond acceptors (Lipinski definition) is 4. The van der Waals surface area contributed by atoms with Crippen LogP contribution >= 0.6 is 0 Å². The summed E-state index contributed by atoms with van der Waals surface area (Å²) in [5.41, 5.74) is 9.50. The molecule has 0 saturated carbocycles. The predicted molar refractivity (Wildman–Crippen MR) is 38.3 cm³/mol. The molecular weight excluding hydrogens is 128 g/mol. The maximum Gasteiger partial charge on any atom is 0.0872 e. The van der Waals surface area contributed by atoms with E-state index in [9.17, 15) is 0 Å². The second kappa shape index (κ2) is 2.84. The Balaban J connectivity index is 1.85. The van der Waals surface area contributed by atoms with E-state index in [1.54, 1.807) is 0 Å². The van der Waals surface area contributed by atoms with E-state index < -0.39 is 0 Å². The fourth-order valence-electron chi connectivity index (χ4n) is 1.40. The molecule has 2 fully saturated rings. The van der Waals surface area contributed by atoms with E-state index in [0.29, 0.717) is 6.17 Å². The Morgan fingerprint density at radius 1 is 1.50 bits per heavy atom. The molecule has 57 valence electrons. The third-order valence-corrected chi connectivity index (χ3v) is 1.96. The standard InChI is InChI=1S/C6H13N4/c1-3-8-10(5-1)6-2-4-7-9-6/h3,6-9H,1-2,4-5H2. The maximum atomic E-state index is 3.20. The molecule has 2 aliphatic heterocycles. The van der Waals surface area contributed by atoms with Crippen molar-refractivity contribution in [1.29, 1.82) is 0 Å². The third kappa shape index (κ3) is 1.15. The van der Waals surface area contributed by atoms with E-state index >= 15 is 0 Å². The molecule has 10 heavy (non-hydrogen) atoms. The van der Waals surface area contributed by atoms with E-state index in [1.165, 1.54) is 6.42 Å². The summed E-state index contributed by atoms with van der Waals surface area (Å²) in [6.45, 7) is 4.29. The van der Waals surface area contributed by atoms with Crippen molar-refractivity contribution in [3.8, 4) is 0 Å². The van der Waals surface area contributed by atoms with Gasteiger partial charge in [0.05, 0.1) is 6.17 Å². The SMILES string of the molecule is [CH]1CCN(C2CCNN2)N1. The minimum Gasteiger partial charge on any atom is -0.256 e. The van der Waals surface area contributed by atoms with Crippen molar-refractivity contribution in [1.82, 2.24) is 21.3 Å². The molecule has 0 bridgehead atoms. The van der Waals surface area contributed by atoms with Gasteiger partial charge in [0.15, 0.2) is 0 Å². The number of hydrazine groups is 2. The predicted octanol–water partition coefficient (Wildman–Crippen LogP) is -0.818. The first-order valence-electron chi connectivity index (χ1n) is 3.80. The number of hydrogen-bond donors (Lipinski definition) is 3. The summed E-state index contributed by atoms with van der Waals surface area (Å²) in [6.07, 6.45) is 2.82. The van der Waals surface area contributed by atoms with Crippen molar-refractivity contribution in [3.05, 3.63) is 6.54 Å². The van der Waals surface area contributed by atoms with Gasteiger partial charge in [0, 0.05) is 19.6 Å². The van der Waals surface area contributed by atoms with Crippen LogP contribution in [0.1, 0.15) is 12.8 Å². The minimum atomic E-state index is 0.485. The van der Waals surface area contributed by atoms with Crippen LogP contribution < -0.4 is 16.3 Å². The molecule has 1 unspecified atom stereocenters. The summed E-state index contributed by atoms with van der Waals surface area (Å²) < 4.78 is 0. The van der Waals surface area contributed by atoms with Crippen LogP contribution in [0.3, 0.4) is 0 Å². The highest BCUT2D eigenvalue weighted by atomic mass is 15.6. The van der Waals surface area contributed by atoms with Gasteiger partial charge in [-0.2, -0.15) is 0 Å². The fraction of sp³-hybridized carbons (Fsp3) is 0.833. The zero-order valence-electron chi connectivity index (χ0n) is 5.93. The van der Waals surface area contributed by atoms with Crippen molar-refractivity contribution in [3.63, 3.8) is 0 Å². The van der Waals surface area contributed by atoms with Crippen molar-refractivity contribution in [2.24, 2.45) is 0 Å². The van der Waals surface area contributed by atoms with Crippen molar-refractivity contribution in [2.75, 3.05) is 13.1 Å². The molecular formula is C6H13N4. The lowest BCUT2D eigenvalue weighted by Gasteiger charge is -2.21. The first-order chi connectivity index (χ1) is 4.97. The highest BCUT2D eigenvalue weighted by Gasteiger charge is 2.23. The Labute approximate surface area is 60.9 Å². The largest absolute Gasteiger partial charge is 0.256 e. The van der Waals surface area contributed by atoms with Gasteiger partial charge >= 0.3 is 0 Å². The van der Waals surface area contributed by atoms with E-state index in [4.69, 9.17) is 0 Å². The minimum absolute atomic E-state index is 0.485. The van der Waals surface area contributed by atoms with Gasteiger partial charge in [-0.25, -0.2) is 15.9 Å². The summed E-state index contributed by atoms with van der Waals surface area (Å²) in [6, 6.07) is 0. The molecule has 0 aromatic carbocycles. The molecule has 0 aliphatic carbocycles. The molecule has 2 aliphatic rings. The number of rotatable bonds is 1. The summed E-state index contributed by atoms with van der Waals surface area (Å²) in [5, 5.41) is 2.22. The second-order valence-electron chi connectivity index (χ2n) is 2.69. The summed E-state index contributed by atoms with van der Waals surface area (Å²) in [5.74, 6) is 0. The molecule has 2 heterocycles. The van der Waals surface area contributed by atoms with E-state index in [0.717, 1.165) is 19.5 Å². The molecule has 4 nitrogen and oxygen atoms in total. The van der Waals surface area contributed by atoms with Crippen LogP contribution in [0.25, 0.3) is 0 Å². The van der Waals surface area contributed by atoms with Gasteiger partial charge in [-0.3, -0.25) is 5.43 Å². The maximum absolute atomic E-state index is 3.20. The van der Waals surface area contributed by atoms with Crippen LogP contribution in [0, 0.1) is 6.54 Å². The highest BCUT2D eigenvalue weighted by molar-refractivity contribution is 4.79. The number of nitrogens with one attached hydrogen (secondary N) is 3. The van der Waals surface area contributed by atoms with Gasteiger partial charge in [0.25, 0.3) is 0 Å². The topological polar surface area (TPSA) is 39.3 Å². The van der Waals surface area contributed by atoms with E-state index in [2.05, 4.69) is 27.8 Å². The Hall–Kier alpha value is -0.160. The average Bonchev–Trinajstić information content (AvgIpc) is 2.59. The summed E-state index contributed by atoms with van der Waals surface area (Å²) >= 11 is 0. The van der Waals surface area contributed by atoms with Gasteiger partial charge in [-0.1, -0.05) is 0 Å². The lowest BCUT2D eigenvalue weighted by Crippen LogP contribution is -2.47. The van der Waals surface area contributed by atoms with E-state index in [1.807, 2.05) is 0 Å². The summed E-state index contributed by atoms with van der Waals surface area (Å²) in [4.78, 5) is 0. The molecule has 0 aromatic rings. The lowest BCUT2D eigenvalue weighted by atomic mass is 10.3. The Morgan fingerprint density at radius 3 is 3.10 bits per heavy atom. The molecule has 1 atom stereocenters. The highest BCUT2D eigenvalue weighted by Crippen LogP contribution is 2.07. The van der Waals surface area contributed by atoms with Crippen molar-refractivity contribution >= 4 is 0 Å². The third-order valence-electron chi connectivity index (χ3n) is 1.96. The van der Waals surface area contributed by atoms with Gasteiger partial charge in [-0.05, 0) is 12.8 Å². The lowest BCUT2D eigenvalue weighted by molar-refractivity contribution is 0.161.